The summed E-state index contributed by atoms with van der Waals surface area (Å²) in [5, 5.41) is 8.40. The quantitative estimate of drug-likeness (QED) is 0.775. The lowest BCUT2D eigenvalue weighted by Gasteiger charge is -2.26. The maximum absolute atomic E-state index is 11.5. The first-order valence-corrected chi connectivity index (χ1v) is 8.12. The fourth-order valence-corrected chi connectivity index (χ4v) is 3.22. The first-order valence-electron chi connectivity index (χ1n) is 6.58. The third kappa shape index (κ3) is 3.92. The molecule has 19 heavy (non-hydrogen) atoms. The first-order chi connectivity index (χ1) is 8.97. The number of nitrogens with one attached hydrogen (secondary N) is 1. The second-order valence-electron chi connectivity index (χ2n) is 5.20. The molecule has 5 N–H and O–H groups in total. The molecule has 1 saturated carbocycles. The van der Waals surface area contributed by atoms with Gasteiger partial charge in [0.15, 0.2) is 0 Å². The lowest BCUT2D eigenvalue weighted by molar-refractivity contribution is 0.338. The fraction of sp³-hybridized carbons (Fsp3) is 0.538. The van der Waals surface area contributed by atoms with E-state index in [1.54, 1.807) is 18.2 Å². The zero-order valence-corrected chi connectivity index (χ0v) is 11.7. The van der Waals surface area contributed by atoms with Crippen molar-refractivity contribution in [2.45, 2.75) is 36.6 Å². The van der Waals surface area contributed by atoms with Gasteiger partial charge in [-0.15, -0.1) is 0 Å². The Morgan fingerprint density at radius 3 is 2.42 bits per heavy atom. The molecule has 0 amide bonds. The van der Waals surface area contributed by atoms with Crippen molar-refractivity contribution in [1.82, 2.24) is 0 Å². The van der Waals surface area contributed by atoms with Gasteiger partial charge in [-0.2, -0.15) is 0 Å². The number of benzene rings is 1. The van der Waals surface area contributed by atoms with Crippen LogP contribution in [0.2, 0.25) is 0 Å². The van der Waals surface area contributed by atoms with Crippen molar-refractivity contribution < 1.29 is 8.42 Å². The molecule has 0 radical (unpaired) electrons. The van der Waals surface area contributed by atoms with Gasteiger partial charge in [0.05, 0.1) is 5.69 Å². The van der Waals surface area contributed by atoms with E-state index in [0.717, 1.165) is 32.2 Å². The van der Waals surface area contributed by atoms with Crippen molar-refractivity contribution in [2.24, 2.45) is 16.8 Å². The molecule has 0 saturated heterocycles. The van der Waals surface area contributed by atoms with Crippen LogP contribution in [0.4, 0.5) is 5.69 Å². The molecule has 1 aromatic carbocycles. The van der Waals surface area contributed by atoms with Crippen LogP contribution in [0.1, 0.15) is 25.7 Å². The van der Waals surface area contributed by atoms with E-state index in [9.17, 15) is 8.42 Å². The molecule has 106 valence electrons. The Balaban J connectivity index is 2.00. The van der Waals surface area contributed by atoms with Gasteiger partial charge in [0.1, 0.15) is 4.90 Å². The lowest BCUT2D eigenvalue weighted by Crippen LogP contribution is -2.29. The molecule has 0 heterocycles. The predicted molar refractivity (Wildman–Crippen MR) is 76.2 cm³/mol. The standard InChI is InChI=1S/C13H21N3O2S/c14-11-7-5-10(6-8-11)9-16-12-3-1-2-4-13(12)19(15,17)18/h1-4,10-11,16H,5-9,14H2,(H2,15,17,18). The summed E-state index contributed by atoms with van der Waals surface area (Å²) in [6.07, 6.45) is 4.27. The van der Waals surface area contributed by atoms with E-state index in [0.29, 0.717) is 17.6 Å². The Bertz CT molecular complexity index is 522. The highest BCUT2D eigenvalue weighted by Gasteiger charge is 2.19. The Kier molecular flexibility index (Phi) is 4.44. The van der Waals surface area contributed by atoms with Crippen molar-refractivity contribution in [3.63, 3.8) is 0 Å². The lowest BCUT2D eigenvalue weighted by atomic mass is 9.86. The molecule has 0 spiro atoms. The van der Waals surface area contributed by atoms with Gasteiger partial charge in [-0.05, 0) is 43.7 Å². The molecule has 0 atom stereocenters. The first kappa shape index (κ1) is 14.3. The molecule has 1 aliphatic rings. The molecule has 6 heteroatoms. The van der Waals surface area contributed by atoms with E-state index in [4.69, 9.17) is 10.9 Å². The van der Waals surface area contributed by atoms with Crippen LogP contribution in [0, 0.1) is 5.92 Å². The molecule has 2 rings (SSSR count). The zero-order valence-electron chi connectivity index (χ0n) is 10.9. The van der Waals surface area contributed by atoms with Gasteiger partial charge in [0.25, 0.3) is 0 Å². The van der Waals surface area contributed by atoms with Crippen LogP contribution in [-0.4, -0.2) is 21.0 Å². The number of rotatable bonds is 4. The average Bonchev–Trinajstić information content (AvgIpc) is 2.37. The molecule has 5 nitrogen and oxygen atoms in total. The van der Waals surface area contributed by atoms with Crippen LogP contribution in [0.25, 0.3) is 0 Å². The Morgan fingerprint density at radius 2 is 1.79 bits per heavy atom. The number of hydrogen-bond acceptors (Lipinski definition) is 4. The van der Waals surface area contributed by atoms with Crippen LogP contribution < -0.4 is 16.2 Å². The number of sulfonamides is 1. The van der Waals surface area contributed by atoms with Crippen molar-refractivity contribution in [2.75, 3.05) is 11.9 Å². The summed E-state index contributed by atoms with van der Waals surface area (Å²) in [5.74, 6) is 0.549. The van der Waals surface area contributed by atoms with Gasteiger partial charge in [0, 0.05) is 12.6 Å². The molecule has 0 bridgehead atoms. The molecule has 0 aliphatic heterocycles. The molecular formula is C13H21N3O2S. The average molecular weight is 283 g/mol. The molecular weight excluding hydrogens is 262 g/mol. The minimum atomic E-state index is -3.68. The fourth-order valence-electron chi connectivity index (χ4n) is 2.51. The molecule has 0 unspecified atom stereocenters. The number of anilines is 1. The normalized spacial score (nSPS) is 24.1. The summed E-state index contributed by atoms with van der Waals surface area (Å²) < 4.78 is 22.9. The number of primary sulfonamides is 1. The SMILES string of the molecule is NC1CCC(CNc2ccccc2S(N)(=O)=O)CC1. The predicted octanol–water partition coefficient (Wildman–Crippen LogP) is 1.26. The summed E-state index contributed by atoms with van der Waals surface area (Å²) in [6, 6.07) is 7.06. The van der Waals surface area contributed by atoms with Crippen molar-refractivity contribution in [1.29, 1.82) is 0 Å². The summed E-state index contributed by atoms with van der Waals surface area (Å²) in [5.41, 5.74) is 6.45. The maximum Gasteiger partial charge on any atom is 0.240 e. The van der Waals surface area contributed by atoms with Gasteiger partial charge in [-0.25, -0.2) is 13.6 Å². The molecule has 0 aromatic heterocycles. The number of nitrogens with two attached hydrogens (primary N) is 2. The summed E-state index contributed by atoms with van der Waals surface area (Å²) in [6.45, 7) is 0.763. The van der Waals surface area contributed by atoms with Crippen LogP contribution in [-0.2, 0) is 10.0 Å². The summed E-state index contributed by atoms with van der Waals surface area (Å²) in [7, 11) is -3.68. The van der Waals surface area contributed by atoms with Crippen molar-refractivity contribution >= 4 is 15.7 Å². The largest absolute Gasteiger partial charge is 0.384 e. The third-order valence-electron chi connectivity index (χ3n) is 3.67. The third-order valence-corrected chi connectivity index (χ3v) is 4.64. The second kappa shape index (κ2) is 5.90. The van der Waals surface area contributed by atoms with Crippen LogP contribution >= 0.6 is 0 Å². The monoisotopic (exact) mass is 283 g/mol. The zero-order chi connectivity index (χ0) is 13.9. The summed E-state index contributed by atoms with van der Waals surface area (Å²) >= 11 is 0. The number of para-hydroxylation sites is 1. The maximum atomic E-state index is 11.5. The number of hydrogen-bond donors (Lipinski definition) is 3. The van der Waals surface area contributed by atoms with Gasteiger partial charge in [0.2, 0.25) is 10.0 Å². The van der Waals surface area contributed by atoms with E-state index in [1.165, 1.54) is 6.07 Å². The van der Waals surface area contributed by atoms with E-state index < -0.39 is 10.0 Å². The minimum Gasteiger partial charge on any atom is -0.384 e. The molecule has 1 aliphatic carbocycles. The van der Waals surface area contributed by atoms with Gasteiger partial charge >= 0.3 is 0 Å². The highest BCUT2D eigenvalue weighted by molar-refractivity contribution is 7.89. The molecule has 1 fully saturated rings. The molecule has 1 aromatic rings. The van der Waals surface area contributed by atoms with Crippen LogP contribution in [0.5, 0.6) is 0 Å². The topological polar surface area (TPSA) is 98.2 Å². The minimum absolute atomic E-state index is 0.155. The second-order valence-corrected chi connectivity index (χ2v) is 6.73. The van der Waals surface area contributed by atoms with Gasteiger partial charge < -0.3 is 11.1 Å². The Labute approximate surface area is 114 Å². The Hall–Kier alpha value is -1.11. The highest BCUT2D eigenvalue weighted by atomic mass is 32.2. The van der Waals surface area contributed by atoms with Crippen molar-refractivity contribution in [3.05, 3.63) is 24.3 Å². The Morgan fingerprint density at radius 1 is 1.16 bits per heavy atom. The van der Waals surface area contributed by atoms with E-state index >= 15 is 0 Å². The van der Waals surface area contributed by atoms with E-state index in [2.05, 4.69) is 5.32 Å². The van der Waals surface area contributed by atoms with Crippen LogP contribution in [0.15, 0.2) is 29.2 Å². The van der Waals surface area contributed by atoms with Crippen molar-refractivity contribution in [3.8, 4) is 0 Å². The van der Waals surface area contributed by atoms with Gasteiger partial charge in [-0.1, -0.05) is 12.1 Å². The van der Waals surface area contributed by atoms with E-state index in [1.807, 2.05) is 0 Å². The van der Waals surface area contributed by atoms with Gasteiger partial charge in [-0.3, -0.25) is 0 Å². The van der Waals surface area contributed by atoms with E-state index in [-0.39, 0.29) is 4.90 Å². The smallest absolute Gasteiger partial charge is 0.240 e. The highest BCUT2D eigenvalue weighted by Crippen LogP contribution is 2.25. The summed E-state index contributed by atoms with van der Waals surface area (Å²) in [4.78, 5) is 0.155. The van der Waals surface area contributed by atoms with Crippen LogP contribution in [0.3, 0.4) is 0 Å².